The largest absolute Gasteiger partial charge is 0.463 e. The topological polar surface area (TPSA) is 194 Å². The normalized spacial score (nSPS) is 30.0. The minimum Gasteiger partial charge on any atom is -0.463 e. The van der Waals surface area contributed by atoms with Crippen LogP contribution in [0.1, 0.15) is 40.2 Å². The maximum atomic E-state index is 12.0. The highest BCUT2D eigenvalue weighted by Gasteiger charge is 2.46. The van der Waals surface area contributed by atoms with Gasteiger partial charge in [-0.05, 0) is 65.9 Å². The van der Waals surface area contributed by atoms with E-state index >= 15 is 0 Å². The Kier molecular flexibility index (Phi) is 12.4. The summed E-state index contributed by atoms with van der Waals surface area (Å²) >= 11 is 0. The molecule has 2 aromatic carbocycles. The summed E-state index contributed by atoms with van der Waals surface area (Å²) in [6, 6.07) is 12.4. The van der Waals surface area contributed by atoms with E-state index in [4.69, 9.17) is 23.7 Å². The Labute approximate surface area is 279 Å². The second kappa shape index (κ2) is 16.3. The van der Waals surface area contributed by atoms with Crippen LogP contribution in [-0.2, 0) is 28.6 Å². The lowest BCUT2D eigenvalue weighted by molar-refractivity contribution is -0.244. The average molecular weight is 672 g/mol. The molecule has 2 heterocycles. The third-order valence-electron chi connectivity index (χ3n) is 8.51. The zero-order valence-corrected chi connectivity index (χ0v) is 27.6. The summed E-state index contributed by atoms with van der Waals surface area (Å²) in [7, 11) is 0. The molecule has 6 N–H and O–H groups in total. The molecule has 2 saturated heterocycles. The molecule has 2 aromatic rings. The molecule has 0 saturated carbocycles. The summed E-state index contributed by atoms with van der Waals surface area (Å²) in [6.07, 6.45) is -6.33. The predicted molar refractivity (Wildman–Crippen MR) is 173 cm³/mol. The lowest BCUT2D eigenvalue weighted by atomic mass is 9.82. The number of anilines is 1. The summed E-state index contributed by atoms with van der Waals surface area (Å²) in [4.78, 5) is 35.1. The van der Waals surface area contributed by atoms with E-state index in [1.807, 2.05) is 13.8 Å². The molecular weight excluding hydrogens is 626 g/mol. The Morgan fingerprint density at radius 3 is 1.83 bits per heavy atom. The fourth-order valence-corrected chi connectivity index (χ4v) is 5.66. The van der Waals surface area contributed by atoms with E-state index in [9.17, 15) is 29.7 Å². The number of amides is 2. The Bertz CT molecular complexity index is 1420. The van der Waals surface area contributed by atoms with E-state index in [2.05, 4.69) is 22.5 Å². The van der Waals surface area contributed by atoms with Crippen LogP contribution in [-0.4, -0.2) is 95.4 Å². The number of hydrogen-bond acceptors (Lipinski definition) is 12. The molecule has 0 bridgehead atoms. The first kappa shape index (κ1) is 36.6. The zero-order valence-electron chi connectivity index (χ0n) is 27.6. The highest BCUT2D eigenvalue weighted by molar-refractivity contribution is 5.76. The highest BCUT2D eigenvalue weighted by Crippen LogP contribution is 2.33. The number of aliphatic hydroxyl groups is 3. The molecule has 48 heavy (non-hydrogen) atoms. The molecule has 0 radical (unpaired) electrons. The van der Waals surface area contributed by atoms with Crippen molar-refractivity contribution in [3.8, 4) is 11.5 Å². The van der Waals surface area contributed by atoms with Gasteiger partial charge >= 0.3 is 5.97 Å². The number of esters is 1. The summed E-state index contributed by atoms with van der Waals surface area (Å²) in [5.74, 6) is -0.244. The van der Waals surface area contributed by atoms with Gasteiger partial charge in [-0.15, -0.1) is 0 Å². The lowest BCUT2D eigenvalue weighted by Gasteiger charge is -2.44. The summed E-state index contributed by atoms with van der Waals surface area (Å²) in [5.41, 5.74) is 2.04. The van der Waals surface area contributed by atoms with Gasteiger partial charge in [-0.1, -0.05) is 20.4 Å². The van der Waals surface area contributed by atoms with Crippen molar-refractivity contribution in [3.05, 3.63) is 60.7 Å². The fourth-order valence-electron chi connectivity index (χ4n) is 5.66. The monoisotopic (exact) mass is 671 g/mol. The minimum absolute atomic E-state index is 0.0129. The summed E-state index contributed by atoms with van der Waals surface area (Å²) in [5, 5.41) is 39.0. The Hall–Kier alpha value is -4.21. The molecule has 2 aliphatic heterocycles. The molecule has 262 valence electrons. The molecule has 2 aliphatic rings. The second-order valence-electron chi connectivity index (χ2n) is 12.1. The van der Waals surface area contributed by atoms with Gasteiger partial charge in [0, 0.05) is 32.2 Å². The van der Waals surface area contributed by atoms with Gasteiger partial charge in [0.1, 0.15) is 42.5 Å². The van der Waals surface area contributed by atoms with Gasteiger partial charge in [0.2, 0.25) is 24.4 Å². The van der Waals surface area contributed by atoms with Crippen LogP contribution in [0.25, 0.3) is 5.70 Å². The van der Waals surface area contributed by atoms with Crippen LogP contribution in [0.3, 0.4) is 0 Å². The fraction of sp³-hybridized carbons (Fsp3) is 0.500. The van der Waals surface area contributed by atoms with Gasteiger partial charge in [0.05, 0.1) is 18.8 Å². The number of aliphatic hydroxyl groups excluding tert-OH is 3. The van der Waals surface area contributed by atoms with E-state index in [-0.39, 0.29) is 24.3 Å². The molecular formula is C34H45N3O11. The Balaban J connectivity index is 1.38. The third-order valence-corrected chi connectivity index (χ3v) is 8.51. The van der Waals surface area contributed by atoms with Crippen molar-refractivity contribution in [1.82, 2.24) is 10.6 Å². The number of nitrogens with one attached hydrogen (secondary N) is 3. The average Bonchev–Trinajstić information content (AvgIpc) is 3.04. The molecule has 4 unspecified atom stereocenters. The Morgan fingerprint density at radius 2 is 1.29 bits per heavy atom. The van der Waals surface area contributed by atoms with Crippen LogP contribution in [0.4, 0.5) is 5.69 Å². The van der Waals surface area contributed by atoms with E-state index in [0.717, 1.165) is 11.3 Å². The Morgan fingerprint density at radius 1 is 0.771 bits per heavy atom. The number of ether oxygens (including phenoxy) is 5. The summed E-state index contributed by atoms with van der Waals surface area (Å²) in [6.45, 7) is 11.7. The first-order valence-electron chi connectivity index (χ1n) is 15.7. The quantitative estimate of drug-likeness (QED) is 0.179. The van der Waals surface area contributed by atoms with Crippen LogP contribution < -0.4 is 25.4 Å². The van der Waals surface area contributed by atoms with Crippen molar-refractivity contribution < 1.29 is 53.4 Å². The van der Waals surface area contributed by atoms with Crippen LogP contribution in [0.2, 0.25) is 0 Å². The molecule has 4 rings (SSSR count). The van der Waals surface area contributed by atoms with E-state index in [0.29, 0.717) is 17.2 Å². The molecule has 0 aliphatic carbocycles. The smallest absolute Gasteiger partial charge is 0.302 e. The van der Waals surface area contributed by atoms with Crippen LogP contribution >= 0.6 is 0 Å². The highest BCUT2D eigenvalue weighted by atomic mass is 16.7. The lowest BCUT2D eigenvalue weighted by Crippen LogP contribution is -2.65. The van der Waals surface area contributed by atoms with E-state index in [1.165, 1.54) is 20.8 Å². The van der Waals surface area contributed by atoms with Crippen molar-refractivity contribution in [2.45, 2.75) is 83.7 Å². The van der Waals surface area contributed by atoms with Crippen molar-refractivity contribution in [2.24, 2.45) is 11.8 Å². The maximum absolute atomic E-state index is 12.0. The molecule has 2 amide bonds. The molecule has 0 spiro atoms. The van der Waals surface area contributed by atoms with Crippen LogP contribution in [0.15, 0.2) is 55.1 Å². The van der Waals surface area contributed by atoms with Crippen molar-refractivity contribution in [2.75, 3.05) is 18.5 Å². The number of hydrogen-bond donors (Lipinski definition) is 6. The van der Waals surface area contributed by atoms with E-state index < -0.39 is 67.6 Å². The van der Waals surface area contributed by atoms with Gasteiger partial charge in [-0.2, -0.15) is 0 Å². The van der Waals surface area contributed by atoms with Crippen molar-refractivity contribution in [3.63, 3.8) is 0 Å². The number of carbonyl (C=O) groups excluding carboxylic acids is 3. The number of carbonyl (C=O) groups is 3. The van der Waals surface area contributed by atoms with Crippen molar-refractivity contribution >= 4 is 29.2 Å². The zero-order chi connectivity index (χ0) is 35.1. The molecule has 2 fully saturated rings. The first-order chi connectivity index (χ1) is 22.8. The molecule has 0 aromatic heterocycles. The van der Waals surface area contributed by atoms with Crippen LogP contribution in [0.5, 0.6) is 11.5 Å². The third kappa shape index (κ3) is 9.23. The second-order valence-corrected chi connectivity index (χ2v) is 12.1. The van der Waals surface area contributed by atoms with E-state index in [1.54, 1.807) is 48.5 Å². The first-order valence-corrected chi connectivity index (χ1v) is 15.7. The maximum Gasteiger partial charge on any atom is 0.302 e. The standard InChI is InChI=1S/C34H45N3O11/c1-17-18(2)29(36-20(4)39)33(48-28(17)16-44-22(6)41)45-26-13-9-24(10-14-26)35-19(3)23-7-11-25(12-8-23)46-34-30(37-21(5)40)32(43)31(42)27(15-38)47-34/h7-14,17-18,27-35,38,42-43H,3,15-16H2,1-2,4-6H3,(H,36,39)(H,37,40)/t17-,18-,27?,28?,29?,30?,31+,32+,33+,34+/m0/s1. The minimum atomic E-state index is -1.42. The van der Waals surface area contributed by atoms with Gasteiger partial charge in [0.25, 0.3) is 0 Å². The summed E-state index contributed by atoms with van der Waals surface area (Å²) < 4.78 is 29.1. The van der Waals surface area contributed by atoms with Crippen LogP contribution in [0, 0.1) is 11.8 Å². The SMILES string of the molecule is C=C(Nc1ccc(O[C@@H]2OC(COC(C)=O)[C@@H](C)[C@H](C)C2NC(C)=O)cc1)c1ccc(O[C@@H]2OC(CO)[C@@H](O)[C@H](O)C2NC(C)=O)cc1. The van der Waals surface area contributed by atoms with Gasteiger partial charge in [0.15, 0.2) is 0 Å². The van der Waals surface area contributed by atoms with Crippen molar-refractivity contribution in [1.29, 1.82) is 0 Å². The van der Waals surface area contributed by atoms with Gasteiger partial charge in [-0.3, -0.25) is 14.4 Å². The molecule has 14 heteroatoms. The molecule has 10 atom stereocenters. The van der Waals surface area contributed by atoms with Gasteiger partial charge in [-0.25, -0.2) is 0 Å². The van der Waals surface area contributed by atoms with Gasteiger partial charge < -0.3 is 55.0 Å². The number of rotatable bonds is 12. The molecule has 14 nitrogen and oxygen atoms in total. The predicted octanol–water partition coefficient (Wildman–Crippen LogP) is 1.54. The number of benzene rings is 2.